The number of hydrazine groups is 1. The van der Waals surface area contributed by atoms with E-state index in [-0.39, 0.29) is 11.5 Å². The molecule has 0 radical (unpaired) electrons. The van der Waals surface area contributed by atoms with E-state index in [1.54, 1.807) is 0 Å². The van der Waals surface area contributed by atoms with Crippen LogP contribution in [0.3, 0.4) is 0 Å². The number of fused-ring (bicyclic) bond motifs is 1. The monoisotopic (exact) mass is 183 g/mol. The maximum absolute atomic E-state index is 11.0. The van der Waals surface area contributed by atoms with Gasteiger partial charge in [-0.05, 0) is 0 Å². The van der Waals surface area contributed by atoms with Gasteiger partial charge in [-0.3, -0.25) is 21.5 Å². The predicted octanol–water partition coefficient (Wildman–Crippen LogP) is -1.95. The minimum absolute atomic E-state index is 0.0783. The molecule has 0 atom stereocenters. The Morgan fingerprint density at radius 1 is 1.38 bits per heavy atom. The van der Waals surface area contributed by atoms with Gasteiger partial charge < -0.3 is 10.7 Å². The molecule has 0 aliphatic heterocycles. The number of rotatable bonds is 0. The number of hydrogen-bond acceptors (Lipinski definition) is 6. The second-order valence-electron chi connectivity index (χ2n) is 2.05. The summed E-state index contributed by atoms with van der Waals surface area (Å²) in [7, 11) is 0. The highest BCUT2D eigenvalue weighted by Gasteiger charge is 2.01. The van der Waals surface area contributed by atoms with E-state index in [2.05, 4.69) is 31.6 Å². The van der Waals surface area contributed by atoms with Crippen LogP contribution in [0.2, 0.25) is 0 Å². The van der Waals surface area contributed by atoms with Crippen molar-refractivity contribution in [2.75, 3.05) is 5.73 Å². The first-order valence-electron chi connectivity index (χ1n) is 3.29. The Hall–Kier alpha value is -1.93. The third-order valence-corrected chi connectivity index (χ3v) is 1.31. The quantitative estimate of drug-likeness (QED) is 0.236. The van der Waals surface area contributed by atoms with Gasteiger partial charge in [0, 0.05) is 0 Å². The molecule has 0 fully saturated rings. The van der Waals surface area contributed by atoms with Gasteiger partial charge in [0.05, 0.1) is 6.33 Å². The van der Waals surface area contributed by atoms with E-state index in [0.717, 1.165) is 0 Å². The van der Waals surface area contributed by atoms with Gasteiger partial charge in [-0.15, -0.1) is 0 Å². The van der Waals surface area contributed by atoms with Crippen LogP contribution in [0.1, 0.15) is 0 Å². The van der Waals surface area contributed by atoms with Gasteiger partial charge in [-0.2, -0.15) is 4.98 Å². The summed E-state index contributed by atoms with van der Waals surface area (Å²) < 4.78 is 0. The summed E-state index contributed by atoms with van der Waals surface area (Å²) in [6.45, 7) is 0. The molecule has 2 rings (SSSR count). The Bertz CT molecular complexity index is 443. The molecule has 8 N–H and O–H groups in total. The molecule has 8 nitrogen and oxygen atoms in total. The summed E-state index contributed by atoms with van der Waals surface area (Å²) in [5, 5.41) is 0. The summed E-state index contributed by atoms with van der Waals surface area (Å²) >= 11 is 0. The molecular formula is C5H9N7O. The Morgan fingerprint density at radius 3 is 2.77 bits per heavy atom. The Morgan fingerprint density at radius 2 is 2.08 bits per heavy atom. The first kappa shape index (κ1) is 9.16. The highest BCUT2D eigenvalue weighted by molar-refractivity contribution is 5.69. The Balaban J connectivity index is 0.000000396. The lowest BCUT2D eigenvalue weighted by atomic mass is 10.5. The van der Waals surface area contributed by atoms with Crippen LogP contribution in [0.5, 0.6) is 0 Å². The van der Waals surface area contributed by atoms with Crippen LogP contribution in [0.15, 0.2) is 11.1 Å². The molecule has 0 aliphatic rings. The van der Waals surface area contributed by atoms with Gasteiger partial charge in [0.25, 0.3) is 5.56 Å². The van der Waals surface area contributed by atoms with Crippen LogP contribution in [0, 0.1) is 0 Å². The van der Waals surface area contributed by atoms with Crippen molar-refractivity contribution in [1.29, 1.82) is 0 Å². The molecule has 0 aliphatic carbocycles. The lowest BCUT2D eigenvalue weighted by molar-refractivity contribution is 1.17. The summed E-state index contributed by atoms with van der Waals surface area (Å²) in [6.07, 6.45) is 1.40. The molecule has 0 unspecified atom stereocenters. The number of nitrogens with zero attached hydrogens (tertiary/aromatic N) is 2. The van der Waals surface area contributed by atoms with Crippen molar-refractivity contribution >= 4 is 17.1 Å². The van der Waals surface area contributed by atoms with Crippen LogP contribution in [0.4, 0.5) is 5.95 Å². The summed E-state index contributed by atoms with van der Waals surface area (Å²) in [5.41, 5.74) is 5.65. The number of anilines is 1. The highest BCUT2D eigenvalue weighted by Crippen LogP contribution is 1.98. The van der Waals surface area contributed by atoms with E-state index in [0.29, 0.717) is 11.2 Å². The van der Waals surface area contributed by atoms with Crippen molar-refractivity contribution in [1.82, 2.24) is 19.9 Å². The van der Waals surface area contributed by atoms with E-state index in [9.17, 15) is 4.79 Å². The molecule has 2 aromatic rings. The molecule has 0 spiro atoms. The Labute approximate surface area is 72.1 Å². The number of aromatic amines is 2. The molecule has 0 saturated carbocycles. The predicted molar refractivity (Wildman–Crippen MR) is 47.3 cm³/mol. The average molecular weight is 183 g/mol. The molecule has 13 heavy (non-hydrogen) atoms. The molecule has 0 saturated heterocycles. The highest BCUT2D eigenvalue weighted by atomic mass is 16.1. The Kier molecular flexibility index (Phi) is 2.57. The van der Waals surface area contributed by atoms with E-state index in [1.165, 1.54) is 6.33 Å². The topological polar surface area (TPSA) is 152 Å². The van der Waals surface area contributed by atoms with Gasteiger partial charge in [0.2, 0.25) is 5.95 Å². The van der Waals surface area contributed by atoms with E-state index >= 15 is 0 Å². The van der Waals surface area contributed by atoms with E-state index < -0.39 is 0 Å². The van der Waals surface area contributed by atoms with Crippen LogP contribution >= 0.6 is 0 Å². The number of H-pyrrole nitrogens is 2. The lowest BCUT2D eigenvalue weighted by Crippen LogP contribution is -2.10. The molecule has 2 aromatic heterocycles. The van der Waals surface area contributed by atoms with Crippen LogP contribution in [-0.2, 0) is 0 Å². The molecule has 0 bridgehead atoms. The minimum atomic E-state index is -0.301. The van der Waals surface area contributed by atoms with Gasteiger partial charge in [0.1, 0.15) is 0 Å². The zero-order valence-electron chi connectivity index (χ0n) is 6.61. The number of nitrogen functional groups attached to an aromatic ring is 1. The maximum atomic E-state index is 11.0. The molecule has 2 heterocycles. The third-order valence-electron chi connectivity index (χ3n) is 1.31. The lowest BCUT2D eigenvalue weighted by Gasteiger charge is -1.89. The number of nitrogens with one attached hydrogen (secondary N) is 2. The van der Waals surface area contributed by atoms with Crippen molar-refractivity contribution in [3.8, 4) is 0 Å². The zero-order chi connectivity index (χ0) is 9.84. The number of imidazole rings is 1. The van der Waals surface area contributed by atoms with Crippen molar-refractivity contribution < 1.29 is 0 Å². The molecule has 70 valence electrons. The van der Waals surface area contributed by atoms with Gasteiger partial charge in [-0.25, -0.2) is 4.98 Å². The van der Waals surface area contributed by atoms with Gasteiger partial charge in [0.15, 0.2) is 11.2 Å². The van der Waals surface area contributed by atoms with Crippen molar-refractivity contribution in [3.05, 3.63) is 16.7 Å². The SMILES string of the molecule is NN.Nc1nc2nc[nH]c2c(=O)[nH]1. The fraction of sp³-hybridized carbons (Fsp3) is 0. The summed E-state index contributed by atoms with van der Waals surface area (Å²) in [5.74, 6) is 8.08. The average Bonchev–Trinajstić information content (AvgIpc) is 2.55. The normalized spacial score (nSPS) is 9.38. The number of aromatic nitrogens is 4. The largest absolute Gasteiger partial charge is 0.369 e. The number of hydrogen-bond donors (Lipinski definition) is 5. The molecule has 0 amide bonds. The first-order chi connectivity index (χ1) is 6.27. The second-order valence-corrected chi connectivity index (χ2v) is 2.05. The third kappa shape index (κ3) is 1.63. The summed E-state index contributed by atoms with van der Waals surface area (Å²) in [6, 6.07) is 0. The van der Waals surface area contributed by atoms with Crippen molar-refractivity contribution in [2.45, 2.75) is 0 Å². The summed E-state index contributed by atoms with van der Waals surface area (Å²) in [4.78, 5) is 23.5. The smallest absolute Gasteiger partial charge is 0.278 e. The fourth-order valence-electron chi connectivity index (χ4n) is 0.860. The van der Waals surface area contributed by atoms with Crippen LogP contribution < -0.4 is 23.0 Å². The maximum Gasteiger partial charge on any atom is 0.278 e. The van der Waals surface area contributed by atoms with E-state index in [4.69, 9.17) is 5.73 Å². The minimum Gasteiger partial charge on any atom is -0.369 e. The van der Waals surface area contributed by atoms with Crippen LogP contribution in [0.25, 0.3) is 11.2 Å². The number of nitrogens with two attached hydrogens (primary N) is 3. The zero-order valence-corrected chi connectivity index (χ0v) is 6.61. The van der Waals surface area contributed by atoms with Crippen LogP contribution in [-0.4, -0.2) is 19.9 Å². The van der Waals surface area contributed by atoms with E-state index in [1.807, 2.05) is 0 Å². The van der Waals surface area contributed by atoms with Gasteiger partial charge >= 0.3 is 0 Å². The van der Waals surface area contributed by atoms with Gasteiger partial charge in [-0.1, -0.05) is 0 Å². The molecule has 0 aromatic carbocycles. The van der Waals surface area contributed by atoms with Crippen molar-refractivity contribution in [3.63, 3.8) is 0 Å². The second kappa shape index (κ2) is 3.65. The van der Waals surface area contributed by atoms with Crippen molar-refractivity contribution in [2.24, 2.45) is 11.7 Å². The molecule has 8 heteroatoms. The first-order valence-corrected chi connectivity index (χ1v) is 3.29. The molecular weight excluding hydrogens is 174 g/mol. The standard InChI is InChI=1S/C5H5N5O.H4N2/c6-5-9-3-2(4(11)10-5)7-1-8-3;1-2/h1H,(H4,6,7,8,9,10,11);1-2H2. The fourth-order valence-corrected chi connectivity index (χ4v) is 0.860.